The van der Waals surface area contributed by atoms with Crippen LogP contribution in [0.1, 0.15) is 31.2 Å². The van der Waals surface area contributed by atoms with Crippen molar-refractivity contribution in [1.82, 2.24) is 10.6 Å². The van der Waals surface area contributed by atoms with Crippen LogP contribution in [-0.2, 0) is 9.53 Å². The van der Waals surface area contributed by atoms with E-state index >= 15 is 4.39 Å². The number of allylic oxidation sites excluding steroid dienone is 4. The molecule has 3 unspecified atom stereocenters. The highest BCUT2D eigenvalue weighted by Gasteiger charge is 2.60. The van der Waals surface area contributed by atoms with Crippen LogP contribution in [0.25, 0.3) is 5.57 Å². The standard InChI is InChI=1S/C25H27FN4O2/c26-25(20-7-8-20)13-19(18-5-2-1-3-6-18)9-10-24(25,17-28)14-21(15-27)30-23(31)22-16-29-11-4-12-32-22/h1-3,5-6,9-10,13,20-22,29H,4,7-8,11-12,14,16H2,(H,30,31)/t21?,22-,24?,25?/m0/s1. The summed E-state index contributed by atoms with van der Waals surface area (Å²) in [4.78, 5) is 12.7. The summed E-state index contributed by atoms with van der Waals surface area (Å²) >= 11 is 0. The average Bonchev–Trinajstić information content (AvgIpc) is 3.68. The van der Waals surface area contributed by atoms with Crippen LogP contribution in [0.5, 0.6) is 0 Å². The lowest BCUT2D eigenvalue weighted by atomic mass is 9.64. The van der Waals surface area contributed by atoms with Gasteiger partial charge in [0.15, 0.2) is 5.67 Å². The summed E-state index contributed by atoms with van der Waals surface area (Å²) in [5.74, 6) is -0.703. The second-order valence-electron chi connectivity index (χ2n) is 8.74. The molecule has 0 bridgehead atoms. The zero-order valence-electron chi connectivity index (χ0n) is 17.9. The fourth-order valence-electron chi connectivity index (χ4n) is 4.55. The number of hydrogen-bond donors (Lipinski definition) is 2. The molecule has 1 saturated heterocycles. The molecule has 4 rings (SSSR count). The molecule has 1 heterocycles. The Kier molecular flexibility index (Phi) is 6.41. The second kappa shape index (κ2) is 9.24. The maximum atomic E-state index is 16.6. The largest absolute Gasteiger partial charge is 0.367 e. The maximum absolute atomic E-state index is 16.6. The highest BCUT2D eigenvalue weighted by atomic mass is 19.1. The van der Waals surface area contributed by atoms with Gasteiger partial charge in [-0.25, -0.2) is 4.39 Å². The van der Waals surface area contributed by atoms with Crippen LogP contribution >= 0.6 is 0 Å². The smallest absolute Gasteiger partial charge is 0.251 e. The van der Waals surface area contributed by atoms with Crippen LogP contribution in [-0.4, -0.2) is 43.4 Å². The van der Waals surface area contributed by atoms with Crippen molar-refractivity contribution in [2.45, 2.75) is 43.5 Å². The Labute approximate surface area is 187 Å². The molecule has 7 heteroatoms. The van der Waals surface area contributed by atoms with E-state index in [0.717, 1.165) is 24.1 Å². The number of ether oxygens (including phenoxy) is 1. The van der Waals surface area contributed by atoms with Gasteiger partial charge in [-0.05, 0) is 48.9 Å². The third-order valence-electron chi connectivity index (χ3n) is 6.51. The first-order chi connectivity index (χ1) is 15.5. The molecule has 1 amide bonds. The Hall–Kier alpha value is -3.00. The van der Waals surface area contributed by atoms with Gasteiger partial charge in [-0.1, -0.05) is 42.5 Å². The number of halogens is 1. The van der Waals surface area contributed by atoms with E-state index in [1.54, 1.807) is 18.2 Å². The first kappa shape index (κ1) is 22.2. The summed E-state index contributed by atoms with van der Waals surface area (Å²) < 4.78 is 22.2. The molecule has 1 aliphatic heterocycles. The topological polar surface area (TPSA) is 97.9 Å². The number of benzene rings is 1. The number of carbonyl (C=O) groups is 1. The minimum Gasteiger partial charge on any atom is -0.367 e. The molecule has 2 N–H and O–H groups in total. The first-order valence-electron chi connectivity index (χ1n) is 11.1. The van der Waals surface area contributed by atoms with Crippen molar-refractivity contribution in [3.63, 3.8) is 0 Å². The highest BCUT2D eigenvalue weighted by Crippen LogP contribution is 2.57. The number of alkyl halides is 1. The van der Waals surface area contributed by atoms with Crippen LogP contribution in [0.2, 0.25) is 0 Å². The van der Waals surface area contributed by atoms with Crippen LogP contribution in [0.4, 0.5) is 4.39 Å². The minimum absolute atomic E-state index is 0.131. The Balaban J connectivity index is 1.57. The zero-order chi connectivity index (χ0) is 22.6. The monoisotopic (exact) mass is 434 g/mol. The molecular weight excluding hydrogens is 407 g/mol. The predicted octanol–water partition coefficient (Wildman–Crippen LogP) is 3.05. The molecule has 1 aromatic rings. The van der Waals surface area contributed by atoms with E-state index < -0.39 is 29.1 Å². The summed E-state index contributed by atoms with van der Waals surface area (Å²) in [6.45, 7) is 1.57. The van der Waals surface area contributed by atoms with Gasteiger partial charge in [0.25, 0.3) is 5.91 Å². The fraction of sp³-hybridized carbons (Fsp3) is 0.480. The Morgan fingerprint density at radius 3 is 2.78 bits per heavy atom. The quantitative estimate of drug-likeness (QED) is 0.717. The summed E-state index contributed by atoms with van der Waals surface area (Å²) in [6.07, 6.45) is 6.24. The normalized spacial score (nSPS) is 30.8. The molecule has 3 aliphatic rings. The van der Waals surface area contributed by atoms with Gasteiger partial charge in [0.2, 0.25) is 0 Å². The number of rotatable bonds is 6. The summed E-state index contributed by atoms with van der Waals surface area (Å²) in [5, 5.41) is 25.7. The number of nitrogens with one attached hydrogen (secondary N) is 2. The van der Waals surface area contributed by atoms with Crippen molar-refractivity contribution in [3.8, 4) is 12.1 Å². The van der Waals surface area contributed by atoms with Crippen molar-refractivity contribution < 1.29 is 13.9 Å². The number of carbonyl (C=O) groups excluding carboxylic acids is 1. The van der Waals surface area contributed by atoms with Crippen LogP contribution in [0.15, 0.2) is 48.6 Å². The molecule has 0 radical (unpaired) electrons. The summed E-state index contributed by atoms with van der Waals surface area (Å²) in [6, 6.07) is 12.7. The minimum atomic E-state index is -1.91. The van der Waals surface area contributed by atoms with Gasteiger partial charge in [-0.3, -0.25) is 4.79 Å². The molecule has 0 spiro atoms. The van der Waals surface area contributed by atoms with E-state index in [1.807, 2.05) is 30.3 Å². The SMILES string of the molecule is N#CC(CC1(C#N)C=CC(c2ccccc2)=CC1(F)C1CC1)NC(=O)[C@@H]1CNCCCO1. The van der Waals surface area contributed by atoms with Crippen LogP contribution in [0.3, 0.4) is 0 Å². The Morgan fingerprint density at radius 1 is 1.31 bits per heavy atom. The zero-order valence-corrected chi connectivity index (χ0v) is 17.9. The first-order valence-corrected chi connectivity index (χ1v) is 11.1. The lowest BCUT2D eigenvalue weighted by molar-refractivity contribution is -0.132. The van der Waals surface area contributed by atoms with E-state index in [1.165, 1.54) is 0 Å². The van der Waals surface area contributed by atoms with Crippen molar-refractivity contribution in [1.29, 1.82) is 10.5 Å². The Morgan fingerprint density at radius 2 is 2.09 bits per heavy atom. The van der Waals surface area contributed by atoms with Crippen molar-refractivity contribution >= 4 is 11.5 Å². The molecule has 32 heavy (non-hydrogen) atoms. The van der Waals surface area contributed by atoms with Crippen molar-refractivity contribution in [3.05, 3.63) is 54.1 Å². The summed E-state index contributed by atoms with van der Waals surface area (Å²) in [5.41, 5.74) is -1.85. The van der Waals surface area contributed by atoms with Gasteiger partial charge in [-0.15, -0.1) is 0 Å². The lowest BCUT2D eigenvalue weighted by Gasteiger charge is -2.41. The highest BCUT2D eigenvalue weighted by molar-refractivity contribution is 5.82. The number of nitriles is 2. The summed E-state index contributed by atoms with van der Waals surface area (Å²) in [7, 11) is 0. The van der Waals surface area contributed by atoms with Crippen molar-refractivity contribution in [2.75, 3.05) is 19.7 Å². The Bertz CT molecular complexity index is 983. The fourth-order valence-corrected chi connectivity index (χ4v) is 4.55. The molecule has 0 aromatic heterocycles. The van der Waals surface area contributed by atoms with E-state index in [4.69, 9.17) is 4.74 Å². The average molecular weight is 435 g/mol. The second-order valence-corrected chi connectivity index (χ2v) is 8.74. The number of amides is 1. The molecule has 1 aromatic carbocycles. The third-order valence-corrected chi connectivity index (χ3v) is 6.51. The van der Waals surface area contributed by atoms with E-state index in [0.29, 0.717) is 26.0 Å². The van der Waals surface area contributed by atoms with Gasteiger partial charge in [0.1, 0.15) is 17.6 Å². The molecule has 1 saturated carbocycles. The molecule has 2 aliphatic carbocycles. The van der Waals surface area contributed by atoms with E-state index in [2.05, 4.69) is 22.8 Å². The van der Waals surface area contributed by atoms with Crippen molar-refractivity contribution in [2.24, 2.45) is 11.3 Å². The molecular formula is C25H27FN4O2. The third kappa shape index (κ3) is 4.32. The molecule has 2 fully saturated rings. The van der Waals surface area contributed by atoms with Crippen LogP contribution in [0, 0.1) is 34.0 Å². The number of hydrogen-bond acceptors (Lipinski definition) is 5. The molecule has 4 atom stereocenters. The van der Waals surface area contributed by atoms with Gasteiger partial charge in [-0.2, -0.15) is 10.5 Å². The van der Waals surface area contributed by atoms with E-state index in [-0.39, 0.29) is 12.3 Å². The van der Waals surface area contributed by atoms with E-state index in [9.17, 15) is 15.3 Å². The van der Waals surface area contributed by atoms with Gasteiger partial charge < -0.3 is 15.4 Å². The van der Waals surface area contributed by atoms with Gasteiger partial charge in [0, 0.05) is 19.6 Å². The number of nitrogens with zero attached hydrogens (tertiary/aromatic N) is 2. The lowest BCUT2D eigenvalue weighted by Crippen LogP contribution is -2.51. The van der Waals surface area contributed by atoms with Gasteiger partial charge in [0.05, 0.1) is 12.1 Å². The van der Waals surface area contributed by atoms with Gasteiger partial charge >= 0.3 is 0 Å². The maximum Gasteiger partial charge on any atom is 0.251 e. The van der Waals surface area contributed by atoms with Crippen LogP contribution < -0.4 is 10.6 Å². The predicted molar refractivity (Wildman–Crippen MR) is 118 cm³/mol. The molecule has 6 nitrogen and oxygen atoms in total. The molecule has 166 valence electrons.